The molecule has 1 aromatic heterocycles. The first kappa shape index (κ1) is 14.1. The third kappa shape index (κ3) is 3.07. The lowest BCUT2D eigenvalue weighted by atomic mass is 9.74. The van der Waals surface area contributed by atoms with Crippen molar-refractivity contribution >= 4 is 5.78 Å². The van der Waals surface area contributed by atoms with Gasteiger partial charge in [-0.15, -0.1) is 0 Å². The van der Waals surface area contributed by atoms with Crippen molar-refractivity contribution in [2.24, 2.45) is 17.8 Å². The Bertz CT molecular complexity index is 607. The highest BCUT2D eigenvalue weighted by atomic mass is 16.1. The third-order valence-corrected chi connectivity index (χ3v) is 4.44. The van der Waals surface area contributed by atoms with Gasteiger partial charge in [0.1, 0.15) is 0 Å². The van der Waals surface area contributed by atoms with Crippen molar-refractivity contribution in [2.75, 3.05) is 0 Å². The summed E-state index contributed by atoms with van der Waals surface area (Å²) < 4.78 is 1.78. The molecule has 0 spiro atoms. The summed E-state index contributed by atoms with van der Waals surface area (Å²) in [5.41, 5.74) is 1.73. The Morgan fingerprint density at radius 2 is 1.76 bits per heavy atom. The molecule has 2 aromatic rings. The fourth-order valence-electron chi connectivity index (χ4n) is 3.57. The summed E-state index contributed by atoms with van der Waals surface area (Å²) in [6.45, 7) is 4.51. The number of aromatic nitrogens is 2. The summed E-state index contributed by atoms with van der Waals surface area (Å²) in [5.74, 6) is 1.71. The molecule has 110 valence electrons. The molecular weight excluding hydrogens is 260 g/mol. The zero-order valence-corrected chi connectivity index (χ0v) is 12.7. The number of carbonyl (C=O) groups is 1. The van der Waals surface area contributed by atoms with Gasteiger partial charge < -0.3 is 0 Å². The Labute approximate surface area is 126 Å². The van der Waals surface area contributed by atoms with Crippen LogP contribution in [0.15, 0.2) is 42.7 Å². The SMILES string of the molecule is CC1CC(C)CC(C(=O)c2cnn(-c3ccccc3)c2)C1. The monoisotopic (exact) mass is 282 g/mol. The molecular formula is C18H22N2O. The summed E-state index contributed by atoms with van der Waals surface area (Å²) in [5, 5.41) is 4.34. The van der Waals surface area contributed by atoms with Gasteiger partial charge >= 0.3 is 0 Å². The number of Topliss-reactive ketones (excluding diaryl/α,β-unsaturated/α-hetero) is 1. The molecule has 1 aliphatic rings. The largest absolute Gasteiger partial charge is 0.294 e. The first-order valence-electron chi connectivity index (χ1n) is 7.78. The van der Waals surface area contributed by atoms with E-state index in [2.05, 4.69) is 18.9 Å². The molecule has 2 atom stereocenters. The summed E-state index contributed by atoms with van der Waals surface area (Å²) in [6.07, 6.45) is 6.84. The Hall–Kier alpha value is -1.90. The van der Waals surface area contributed by atoms with Gasteiger partial charge in [-0.25, -0.2) is 4.68 Å². The normalized spacial score (nSPS) is 25.7. The van der Waals surface area contributed by atoms with Gasteiger partial charge in [0.2, 0.25) is 0 Å². The Morgan fingerprint density at radius 3 is 2.43 bits per heavy atom. The van der Waals surface area contributed by atoms with Gasteiger partial charge in [-0.1, -0.05) is 32.0 Å². The highest BCUT2D eigenvalue weighted by molar-refractivity contribution is 5.97. The molecule has 1 fully saturated rings. The average Bonchev–Trinajstić information content (AvgIpc) is 2.96. The maximum Gasteiger partial charge on any atom is 0.169 e. The first-order valence-corrected chi connectivity index (χ1v) is 7.78. The van der Waals surface area contributed by atoms with Crippen LogP contribution >= 0.6 is 0 Å². The number of rotatable bonds is 3. The van der Waals surface area contributed by atoms with E-state index in [9.17, 15) is 4.79 Å². The van der Waals surface area contributed by atoms with Crippen molar-refractivity contribution < 1.29 is 4.79 Å². The third-order valence-electron chi connectivity index (χ3n) is 4.44. The van der Waals surface area contributed by atoms with Crippen molar-refractivity contribution in [3.8, 4) is 5.69 Å². The maximum absolute atomic E-state index is 12.7. The Morgan fingerprint density at radius 1 is 1.10 bits per heavy atom. The molecule has 21 heavy (non-hydrogen) atoms. The zero-order chi connectivity index (χ0) is 14.8. The summed E-state index contributed by atoms with van der Waals surface area (Å²) in [4.78, 5) is 12.7. The maximum atomic E-state index is 12.7. The molecule has 0 radical (unpaired) electrons. The fourth-order valence-corrected chi connectivity index (χ4v) is 3.57. The van der Waals surface area contributed by atoms with Crippen molar-refractivity contribution in [2.45, 2.75) is 33.1 Å². The molecule has 3 heteroatoms. The topological polar surface area (TPSA) is 34.9 Å². The van der Waals surface area contributed by atoms with Crippen LogP contribution in [-0.4, -0.2) is 15.6 Å². The van der Waals surface area contributed by atoms with E-state index >= 15 is 0 Å². The van der Waals surface area contributed by atoms with Crippen molar-refractivity contribution in [1.29, 1.82) is 0 Å². The van der Waals surface area contributed by atoms with Crippen LogP contribution in [0.4, 0.5) is 0 Å². The van der Waals surface area contributed by atoms with Crippen LogP contribution in [0.1, 0.15) is 43.5 Å². The van der Waals surface area contributed by atoms with Crippen molar-refractivity contribution in [3.63, 3.8) is 0 Å². The molecule has 1 aromatic carbocycles. The van der Waals surface area contributed by atoms with E-state index in [4.69, 9.17) is 0 Å². The van der Waals surface area contributed by atoms with E-state index in [1.807, 2.05) is 36.5 Å². The van der Waals surface area contributed by atoms with Crippen LogP contribution in [0.5, 0.6) is 0 Å². The van der Waals surface area contributed by atoms with E-state index in [0.717, 1.165) is 24.1 Å². The number of carbonyl (C=O) groups excluding carboxylic acids is 1. The quantitative estimate of drug-likeness (QED) is 0.793. The van der Waals surface area contributed by atoms with E-state index < -0.39 is 0 Å². The standard InChI is InChI=1S/C18H22N2O/c1-13-8-14(2)10-15(9-13)18(21)16-11-19-20(12-16)17-6-4-3-5-7-17/h3-7,11-15H,8-10H2,1-2H3. The van der Waals surface area contributed by atoms with Crippen LogP contribution in [0, 0.1) is 17.8 Å². The number of para-hydroxylation sites is 1. The highest BCUT2D eigenvalue weighted by Gasteiger charge is 2.30. The van der Waals surface area contributed by atoms with Gasteiger partial charge in [-0.05, 0) is 43.2 Å². The molecule has 2 unspecified atom stereocenters. The summed E-state index contributed by atoms with van der Waals surface area (Å²) in [7, 11) is 0. The number of nitrogens with zero attached hydrogens (tertiary/aromatic N) is 2. The van der Waals surface area contributed by atoms with Crippen LogP contribution in [0.2, 0.25) is 0 Å². The Balaban J connectivity index is 1.78. The van der Waals surface area contributed by atoms with Gasteiger partial charge in [-0.3, -0.25) is 4.79 Å². The molecule has 0 saturated heterocycles. The predicted molar refractivity (Wildman–Crippen MR) is 83.6 cm³/mol. The first-order chi connectivity index (χ1) is 10.1. The second kappa shape index (κ2) is 5.84. The molecule has 0 amide bonds. The molecule has 1 saturated carbocycles. The minimum Gasteiger partial charge on any atom is -0.294 e. The zero-order valence-electron chi connectivity index (χ0n) is 12.7. The number of ketones is 1. The highest BCUT2D eigenvalue weighted by Crippen LogP contribution is 2.34. The summed E-state index contributed by atoms with van der Waals surface area (Å²) >= 11 is 0. The second-order valence-corrected chi connectivity index (χ2v) is 6.49. The summed E-state index contributed by atoms with van der Waals surface area (Å²) in [6, 6.07) is 9.91. The average molecular weight is 282 g/mol. The van der Waals surface area contributed by atoms with E-state index in [0.29, 0.717) is 11.8 Å². The number of hydrogen-bond acceptors (Lipinski definition) is 2. The van der Waals surface area contributed by atoms with E-state index in [-0.39, 0.29) is 11.7 Å². The van der Waals surface area contributed by atoms with Crippen LogP contribution < -0.4 is 0 Å². The predicted octanol–water partition coefficient (Wildman–Crippen LogP) is 4.13. The number of hydrogen-bond donors (Lipinski definition) is 0. The number of benzene rings is 1. The van der Waals surface area contributed by atoms with Gasteiger partial charge in [0.15, 0.2) is 5.78 Å². The molecule has 3 rings (SSSR count). The lowest BCUT2D eigenvalue weighted by Gasteiger charge is -2.30. The molecule has 1 aliphatic carbocycles. The van der Waals surface area contributed by atoms with Crippen molar-refractivity contribution in [3.05, 3.63) is 48.3 Å². The molecule has 0 N–H and O–H groups in total. The van der Waals surface area contributed by atoms with E-state index in [1.54, 1.807) is 10.9 Å². The van der Waals surface area contributed by atoms with Gasteiger partial charge in [0.25, 0.3) is 0 Å². The minimum atomic E-state index is 0.164. The second-order valence-electron chi connectivity index (χ2n) is 6.49. The molecule has 0 aliphatic heterocycles. The van der Waals surface area contributed by atoms with Gasteiger partial charge in [-0.2, -0.15) is 5.10 Å². The fraction of sp³-hybridized carbons (Fsp3) is 0.444. The van der Waals surface area contributed by atoms with Gasteiger partial charge in [0, 0.05) is 12.1 Å². The Kier molecular flexibility index (Phi) is 3.91. The van der Waals surface area contributed by atoms with Gasteiger partial charge in [0.05, 0.1) is 17.4 Å². The molecule has 3 nitrogen and oxygen atoms in total. The molecule has 0 bridgehead atoms. The van der Waals surface area contributed by atoms with Crippen LogP contribution in [-0.2, 0) is 0 Å². The van der Waals surface area contributed by atoms with Crippen molar-refractivity contribution in [1.82, 2.24) is 9.78 Å². The van der Waals surface area contributed by atoms with Crippen LogP contribution in [0.25, 0.3) is 5.69 Å². The lowest BCUT2D eigenvalue weighted by molar-refractivity contribution is 0.0836. The lowest BCUT2D eigenvalue weighted by Crippen LogP contribution is -2.25. The van der Waals surface area contributed by atoms with Crippen LogP contribution in [0.3, 0.4) is 0 Å². The smallest absolute Gasteiger partial charge is 0.169 e. The molecule has 1 heterocycles. The van der Waals surface area contributed by atoms with E-state index in [1.165, 1.54) is 6.42 Å². The minimum absolute atomic E-state index is 0.164.